The molecule has 0 saturated carbocycles. The number of thiazole rings is 1. The smallest absolute Gasteiger partial charge is 0.307 e. The zero-order valence-electron chi connectivity index (χ0n) is 14.9. The number of benzene rings is 3. The maximum absolute atomic E-state index is 12.5. The highest BCUT2D eigenvalue weighted by Gasteiger charge is 2.16. The third-order valence-corrected chi connectivity index (χ3v) is 5.46. The lowest BCUT2D eigenvalue weighted by molar-refractivity contribution is -0.122. The Hall–Kier alpha value is -3.12. The van der Waals surface area contributed by atoms with Gasteiger partial charge in [-0.3, -0.25) is 9.59 Å². The van der Waals surface area contributed by atoms with Gasteiger partial charge >= 0.3 is 4.87 Å². The number of rotatable bonds is 4. The van der Waals surface area contributed by atoms with E-state index < -0.39 is 6.10 Å². The van der Waals surface area contributed by atoms with Crippen LogP contribution in [0.1, 0.15) is 6.92 Å². The highest BCUT2D eigenvalue weighted by molar-refractivity contribution is 7.16. The highest BCUT2D eigenvalue weighted by Crippen LogP contribution is 2.23. The molecule has 0 aliphatic carbocycles. The lowest BCUT2D eigenvalue weighted by Gasteiger charge is -2.15. The van der Waals surface area contributed by atoms with Crippen LogP contribution in [0.15, 0.2) is 65.5 Å². The summed E-state index contributed by atoms with van der Waals surface area (Å²) >= 11 is 1.16. The summed E-state index contributed by atoms with van der Waals surface area (Å²) in [4.78, 5) is 24.2. The number of nitrogens with zero attached hydrogens (tertiary/aromatic N) is 1. The second-order valence-electron chi connectivity index (χ2n) is 6.37. The van der Waals surface area contributed by atoms with E-state index in [0.29, 0.717) is 11.4 Å². The molecule has 6 heteroatoms. The Morgan fingerprint density at radius 1 is 1.07 bits per heavy atom. The van der Waals surface area contributed by atoms with Crippen molar-refractivity contribution in [2.45, 2.75) is 13.0 Å². The van der Waals surface area contributed by atoms with Crippen LogP contribution in [0, 0.1) is 0 Å². The third kappa shape index (κ3) is 3.44. The molecule has 3 aromatic carbocycles. The Morgan fingerprint density at radius 3 is 2.67 bits per heavy atom. The summed E-state index contributed by atoms with van der Waals surface area (Å²) in [5, 5.41) is 5.04. The summed E-state index contributed by atoms with van der Waals surface area (Å²) in [5.41, 5.74) is 1.49. The Kier molecular flexibility index (Phi) is 4.41. The second-order valence-corrected chi connectivity index (χ2v) is 7.36. The molecule has 0 spiro atoms. The molecule has 0 aliphatic rings. The van der Waals surface area contributed by atoms with Crippen molar-refractivity contribution in [1.82, 2.24) is 4.57 Å². The number of carbonyl (C=O) groups excluding carboxylic acids is 1. The summed E-state index contributed by atoms with van der Waals surface area (Å²) < 4.78 is 8.23. The summed E-state index contributed by atoms with van der Waals surface area (Å²) in [6, 6.07) is 19.2. The van der Waals surface area contributed by atoms with Crippen LogP contribution in [-0.4, -0.2) is 16.6 Å². The number of aromatic nitrogens is 1. The first-order valence-corrected chi connectivity index (χ1v) is 9.39. The van der Waals surface area contributed by atoms with Gasteiger partial charge in [-0.05, 0) is 48.0 Å². The van der Waals surface area contributed by atoms with Crippen molar-refractivity contribution in [2.75, 3.05) is 5.32 Å². The Labute approximate surface area is 159 Å². The van der Waals surface area contributed by atoms with Crippen molar-refractivity contribution in [1.29, 1.82) is 0 Å². The van der Waals surface area contributed by atoms with E-state index in [1.807, 2.05) is 54.6 Å². The van der Waals surface area contributed by atoms with Gasteiger partial charge in [0.15, 0.2) is 6.10 Å². The van der Waals surface area contributed by atoms with Crippen LogP contribution in [-0.2, 0) is 11.8 Å². The van der Waals surface area contributed by atoms with Crippen LogP contribution in [0.25, 0.3) is 21.0 Å². The number of nitrogens with one attached hydrogen (secondary N) is 1. The van der Waals surface area contributed by atoms with E-state index >= 15 is 0 Å². The first kappa shape index (κ1) is 17.3. The molecule has 0 bridgehead atoms. The molecule has 4 aromatic rings. The molecule has 1 atom stereocenters. The summed E-state index contributed by atoms with van der Waals surface area (Å²) in [7, 11) is 1.74. The molecule has 1 unspecified atom stereocenters. The third-order valence-electron chi connectivity index (χ3n) is 4.46. The normalized spacial score (nSPS) is 12.2. The van der Waals surface area contributed by atoms with Crippen molar-refractivity contribution in [3.8, 4) is 5.75 Å². The van der Waals surface area contributed by atoms with E-state index in [-0.39, 0.29) is 10.8 Å². The van der Waals surface area contributed by atoms with E-state index in [4.69, 9.17) is 4.74 Å². The minimum absolute atomic E-state index is 0.0264. The maximum Gasteiger partial charge on any atom is 0.307 e. The maximum atomic E-state index is 12.5. The van der Waals surface area contributed by atoms with Gasteiger partial charge in [-0.15, -0.1) is 0 Å². The number of amides is 1. The zero-order valence-corrected chi connectivity index (χ0v) is 15.7. The molecule has 27 heavy (non-hydrogen) atoms. The lowest BCUT2D eigenvalue weighted by Crippen LogP contribution is -2.30. The molecule has 0 fully saturated rings. The first-order chi connectivity index (χ1) is 13.0. The number of aryl methyl sites for hydroxylation is 1. The van der Waals surface area contributed by atoms with Crippen molar-refractivity contribution < 1.29 is 9.53 Å². The molecule has 0 radical (unpaired) electrons. The van der Waals surface area contributed by atoms with Gasteiger partial charge in [0.1, 0.15) is 5.75 Å². The molecular weight excluding hydrogens is 360 g/mol. The Morgan fingerprint density at radius 2 is 1.85 bits per heavy atom. The molecule has 1 N–H and O–H groups in total. The fraction of sp³-hybridized carbons (Fsp3) is 0.143. The fourth-order valence-corrected chi connectivity index (χ4v) is 3.87. The average molecular weight is 378 g/mol. The number of fused-ring (bicyclic) bond motifs is 2. The van der Waals surface area contributed by atoms with Crippen LogP contribution in [0.3, 0.4) is 0 Å². The quantitative estimate of drug-likeness (QED) is 0.580. The van der Waals surface area contributed by atoms with Crippen LogP contribution in [0.4, 0.5) is 5.69 Å². The first-order valence-electron chi connectivity index (χ1n) is 8.57. The second kappa shape index (κ2) is 6.89. The van der Waals surface area contributed by atoms with E-state index in [0.717, 1.165) is 32.3 Å². The van der Waals surface area contributed by atoms with Gasteiger partial charge in [0.2, 0.25) is 0 Å². The Balaban J connectivity index is 1.49. The van der Waals surface area contributed by atoms with Crippen molar-refractivity contribution in [3.05, 3.63) is 70.3 Å². The van der Waals surface area contributed by atoms with Crippen LogP contribution in [0.5, 0.6) is 5.75 Å². The molecule has 1 aromatic heterocycles. The number of anilines is 1. The lowest BCUT2D eigenvalue weighted by atomic mass is 10.1. The number of ether oxygens (including phenoxy) is 1. The van der Waals surface area contributed by atoms with Gasteiger partial charge in [0.05, 0.1) is 10.2 Å². The zero-order chi connectivity index (χ0) is 19.0. The topological polar surface area (TPSA) is 60.3 Å². The number of hydrogen-bond acceptors (Lipinski definition) is 4. The Bertz CT molecular complexity index is 1210. The van der Waals surface area contributed by atoms with Gasteiger partial charge in [0.25, 0.3) is 5.91 Å². The van der Waals surface area contributed by atoms with Crippen molar-refractivity contribution >= 4 is 43.9 Å². The molecule has 1 amide bonds. The minimum Gasteiger partial charge on any atom is -0.481 e. The van der Waals surface area contributed by atoms with E-state index in [9.17, 15) is 9.59 Å². The summed E-state index contributed by atoms with van der Waals surface area (Å²) in [6.45, 7) is 1.71. The van der Waals surface area contributed by atoms with Crippen LogP contribution < -0.4 is 14.9 Å². The number of carbonyl (C=O) groups is 1. The van der Waals surface area contributed by atoms with Crippen LogP contribution in [0.2, 0.25) is 0 Å². The molecule has 4 rings (SSSR count). The van der Waals surface area contributed by atoms with Gasteiger partial charge < -0.3 is 14.6 Å². The summed E-state index contributed by atoms with van der Waals surface area (Å²) in [6.07, 6.45) is -0.656. The molecule has 0 aliphatic heterocycles. The molecule has 0 saturated heterocycles. The predicted molar refractivity (Wildman–Crippen MR) is 110 cm³/mol. The number of hydrogen-bond donors (Lipinski definition) is 1. The van der Waals surface area contributed by atoms with Gasteiger partial charge in [0, 0.05) is 12.7 Å². The standard InChI is InChI=1S/C21H18N2O3S/c1-13(26-17-9-7-14-5-3-4-6-15(14)11-17)20(24)22-16-8-10-18-19(12-16)27-21(25)23(18)2/h3-13H,1-2H3,(H,22,24). The van der Waals surface area contributed by atoms with Gasteiger partial charge in [-0.2, -0.15) is 0 Å². The van der Waals surface area contributed by atoms with E-state index in [1.54, 1.807) is 24.6 Å². The predicted octanol–water partition coefficient (Wildman–Crippen LogP) is 4.16. The minimum atomic E-state index is -0.656. The SMILES string of the molecule is CC(Oc1ccc2ccccc2c1)C(=O)Nc1ccc2c(c1)sc(=O)n2C. The van der Waals surface area contributed by atoms with Crippen molar-refractivity contribution in [2.24, 2.45) is 7.05 Å². The molecular formula is C21H18N2O3S. The van der Waals surface area contributed by atoms with Crippen molar-refractivity contribution in [3.63, 3.8) is 0 Å². The monoisotopic (exact) mass is 378 g/mol. The summed E-state index contributed by atoms with van der Waals surface area (Å²) in [5.74, 6) is 0.402. The average Bonchev–Trinajstić information content (AvgIpc) is 2.95. The molecule has 136 valence electrons. The molecule has 1 heterocycles. The van der Waals surface area contributed by atoms with Gasteiger partial charge in [-0.25, -0.2) is 0 Å². The van der Waals surface area contributed by atoms with Crippen LogP contribution >= 0.6 is 11.3 Å². The van der Waals surface area contributed by atoms with E-state index in [2.05, 4.69) is 5.32 Å². The fourth-order valence-electron chi connectivity index (χ4n) is 2.95. The largest absolute Gasteiger partial charge is 0.481 e. The highest BCUT2D eigenvalue weighted by atomic mass is 32.1. The van der Waals surface area contributed by atoms with E-state index in [1.165, 1.54) is 0 Å². The van der Waals surface area contributed by atoms with Gasteiger partial charge in [-0.1, -0.05) is 41.7 Å². The molecule has 5 nitrogen and oxygen atoms in total.